The molecule has 0 N–H and O–H groups in total. The quantitative estimate of drug-likeness (QED) is 0.184. The third kappa shape index (κ3) is 4.13. The molecule has 0 atom stereocenters. The molecule has 12 rings (SSSR count). The highest BCUT2D eigenvalue weighted by Crippen LogP contribution is 2.45. The van der Waals surface area contributed by atoms with E-state index in [4.69, 9.17) is 34.9 Å². The van der Waals surface area contributed by atoms with Crippen LogP contribution in [-0.2, 0) is 0 Å². The zero-order chi connectivity index (χ0) is 36.0. The van der Waals surface area contributed by atoms with Gasteiger partial charge in [0.15, 0.2) is 5.82 Å². The molecule has 0 unspecified atom stereocenters. The number of hydrogen-bond donors (Lipinski definition) is 0. The maximum absolute atomic E-state index is 5.11. The van der Waals surface area contributed by atoms with E-state index in [1.807, 2.05) is 97.7 Å². The number of pyridine rings is 5. The van der Waals surface area contributed by atoms with Gasteiger partial charge in [0, 0.05) is 60.4 Å². The molecule has 11 nitrogen and oxygen atoms in total. The van der Waals surface area contributed by atoms with Crippen LogP contribution in [0.1, 0.15) is 0 Å². The zero-order valence-corrected chi connectivity index (χ0v) is 29.0. The first-order chi connectivity index (χ1) is 27.3. The van der Waals surface area contributed by atoms with E-state index in [1.165, 1.54) is 0 Å². The summed E-state index contributed by atoms with van der Waals surface area (Å²) >= 11 is 0. The van der Waals surface area contributed by atoms with E-state index in [0.717, 1.165) is 95.6 Å². The summed E-state index contributed by atoms with van der Waals surface area (Å²) < 4.78 is 4.57. The van der Waals surface area contributed by atoms with Gasteiger partial charge in [0.05, 0.1) is 33.2 Å². The van der Waals surface area contributed by atoms with Gasteiger partial charge in [-0.05, 0) is 89.8 Å². The summed E-state index contributed by atoms with van der Waals surface area (Å²) in [5, 5.41) is 0.960. The molecule has 0 saturated carbocycles. The average molecular weight is 708 g/mol. The van der Waals surface area contributed by atoms with Gasteiger partial charge in [0.1, 0.15) is 28.6 Å². The van der Waals surface area contributed by atoms with Gasteiger partial charge < -0.3 is 0 Å². The second kappa shape index (κ2) is 11.4. The largest absolute Gasteiger partial charge is 0.295 e. The van der Waals surface area contributed by atoms with E-state index >= 15 is 0 Å². The van der Waals surface area contributed by atoms with Gasteiger partial charge in [0.25, 0.3) is 6.71 Å². The van der Waals surface area contributed by atoms with Crippen LogP contribution in [0.25, 0.3) is 44.6 Å². The second-order valence-electron chi connectivity index (χ2n) is 13.5. The predicted octanol–water partition coefficient (Wildman–Crippen LogP) is 6.58. The Hall–Kier alpha value is -7.73. The van der Waals surface area contributed by atoms with Crippen molar-refractivity contribution < 1.29 is 0 Å². The van der Waals surface area contributed by atoms with Crippen molar-refractivity contribution in [2.24, 2.45) is 0 Å². The summed E-state index contributed by atoms with van der Waals surface area (Å²) in [6.45, 7) is -0.236. The van der Waals surface area contributed by atoms with Gasteiger partial charge in [-0.1, -0.05) is 36.4 Å². The lowest BCUT2D eigenvalue weighted by Gasteiger charge is -2.39. The number of aromatic nitrogens is 9. The zero-order valence-electron chi connectivity index (χ0n) is 29.0. The Labute approximate surface area is 314 Å². The molecular formula is C43H26BN11. The number of fused-ring (bicyclic) bond motifs is 9. The fourth-order valence-corrected chi connectivity index (χ4v) is 8.58. The van der Waals surface area contributed by atoms with Crippen LogP contribution < -0.4 is 26.3 Å². The lowest BCUT2D eigenvalue weighted by atomic mass is 9.35. The number of para-hydroxylation sites is 1. The molecule has 10 heterocycles. The fraction of sp³-hybridized carbons (Fsp3) is 0. The van der Waals surface area contributed by atoms with E-state index < -0.39 is 0 Å². The minimum atomic E-state index is -0.236. The predicted molar refractivity (Wildman–Crippen MR) is 216 cm³/mol. The summed E-state index contributed by atoms with van der Waals surface area (Å²) in [7, 11) is 0. The van der Waals surface area contributed by atoms with Crippen molar-refractivity contribution in [3.63, 3.8) is 0 Å². The Kier molecular flexibility index (Phi) is 6.17. The van der Waals surface area contributed by atoms with Crippen LogP contribution in [0, 0.1) is 0 Å². The van der Waals surface area contributed by atoms with Crippen molar-refractivity contribution >= 4 is 90.8 Å². The molecule has 2 aliphatic heterocycles. The van der Waals surface area contributed by atoms with E-state index in [0.29, 0.717) is 0 Å². The van der Waals surface area contributed by atoms with Crippen molar-refractivity contribution in [2.45, 2.75) is 0 Å². The lowest BCUT2D eigenvalue weighted by molar-refractivity contribution is 1.02. The molecule has 10 aromatic rings. The number of rotatable bonds is 5. The first kappa shape index (κ1) is 29.8. The molecule has 0 bridgehead atoms. The van der Waals surface area contributed by atoms with E-state index in [-0.39, 0.29) is 6.71 Å². The normalized spacial score (nSPS) is 12.7. The minimum absolute atomic E-state index is 0.236. The van der Waals surface area contributed by atoms with E-state index in [9.17, 15) is 0 Å². The van der Waals surface area contributed by atoms with Crippen molar-refractivity contribution in [1.82, 2.24) is 44.0 Å². The SMILES string of the molecule is c1ccc(N2c3cc(N(c4ccccn4)c4ccccn4)cc4c3B(c3nccnc32)c2ccnc3c5c6ncccc6n(-c6ccccn6)c5n-4c23)cc1. The molecule has 0 spiro atoms. The maximum atomic E-state index is 5.11. The number of hydrogen-bond acceptors (Lipinski definition) is 9. The molecule has 12 heteroatoms. The number of nitrogens with zero attached hydrogens (tertiary/aromatic N) is 11. The van der Waals surface area contributed by atoms with Gasteiger partial charge in [-0.2, -0.15) is 0 Å². The molecular weight excluding hydrogens is 681 g/mol. The lowest BCUT2D eigenvalue weighted by Crippen LogP contribution is -2.61. The van der Waals surface area contributed by atoms with Crippen LogP contribution >= 0.6 is 0 Å². The van der Waals surface area contributed by atoms with Crippen LogP contribution in [0.4, 0.5) is 34.5 Å². The van der Waals surface area contributed by atoms with Crippen molar-refractivity contribution in [1.29, 1.82) is 0 Å². The molecule has 55 heavy (non-hydrogen) atoms. The van der Waals surface area contributed by atoms with Crippen LogP contribution in [0.2, 0.25) is 0 Å². The maximum Gasteiger partial charge on any atom is 0.277 e. The Morgan fingerprint density at radius 3 is 2.00 bits per heavy atom. The number of anilines is 6. The molecule has 0 radical (unpaired) electrons. The summed E-state index contributed by atoms with van der Waals surface area (Å²) in [5.41, 5.74) is 11.5. The first-order valence-corrected chi connectivity index (χ1v) is 18.0. The van der Waals surface area contributed by atoms with Gasteiger partial charge in [0.2, 0.25) is 0 Å². The minimum Gasteiger partial charge on any atom is -0.295 e. The van der Waals surface area contributed by atoms with Gasteiger partial charge in [-0.15, -0.1) is 0 Å². The highest BCUT2D eigenvalue weighted by atomic mass is 15.3. The van der Waals surface area contributed by atoms with Crippen LogP contribution in [0.3, 0.4) is 0 Å². The molecule has 2 aliphatic rings. The average Bonchev–Trinajstić information content (AvgIpc) is 3.77. The highest BCUT2D eigenvalue weighted by molar-refractivity contribution is 6.99. The van der Waals surface area contributed by atoms with Gasteiger partial charge >= 0.3 is 0 Å². The molecule has 0 amide bonds. The van der Waals surface area contributed by atoms with Gasteiger partial charge in [-0.25, -0.2) is 19.9 Å². The van der Waals surface area contributed by atoms with Crippen molar-refractivity contribution in [3.05, 3.63) is 159 Å². The molecule has 8 aromatic heterocycles. The Morgan fingerprint density at radius 2 is 1.24 bits per heavy atom. The summed E-state index contributed by atoms with van der Waals surface area (Å²) in [6.07, 6.45) is 12.8. The molecule has 256 valence electrons. The summed E-state index contributed by atoms with van der Waals surface area (Å²) in [5.74, 6) is 3.03. The Balaban J connectivity index is 1.29. The molecule has 2 aromatic carbocycles. The third-order valence-corrected chi connectivity index (χ3v) is 10.6. The molecule has 0 saturated heterocycles. The topological polar surface area (TPSA) is 107 Å². The van der Waals surface area contributed by atoms with Crippen molar-refractivity contribution in [3.8, 4) is 11.5 Å². The van der Waals surface area contributed by atoms with Crippen LogP contribution in [0.15, 0.2) is 159 Å². The van der Waals surface area contributed by atoms with Crippen LogP contribution in [0.5, 0.6) is 0 Å². The second-order valence-corrected chi connectivity index (χ2v) is 13.5. The molecule has 0 fully saturated rings. The highest BCUT2D eigenvalue weighted by Gasteiger charge is 2.45. The number of benzene rings is 2. The third-order valence-electron chi connectivity index (χ3n) is 10.6. The van der Waals surface area contributed by atoms with Gasteiger partial charge in [-0.3, -0.25) is 33.9 Å². The van der Waals surface area contributed by atoms with E-state index in [2.05, 4.69) is 67.5 Å². The Bertz CT molecular complexity index is 3080. The smallest absolute Gasteiger partial charge is 0.277 e. The van der Waals surface area contributed by atoms with E-state index in [1.54, 1.807) is 12.4 Å². The summed E-state index contributed by atoms with van der Waals surface area (Å²) in [6, 6.07) is 38.9. The fourth-order valence-electron chi connectivity index (χ4n) is 8.58. The van der Waals surface area contributed by atoms with Crippen molar-refractivity contribution in [2.75, 3.05) is 9.80 Å². The first-order valence-electron chi connectivity index (χ1n) is 18.0. The van der Waals surface area contributed by atoms with Crippen LogP contribution in [-0.4, -0.2) is 50.7 Å². The monoisotopic (exact) mass is 707 g/mol. The molecule has 0 aliphatic carbocycles. The summed E-state index contributed by atoms with van der Waals surface area (Å²) in [4.78, 5) is 39.2. The Morgan fingerprint density at radius 1 is 0.527 bits per heavy atom. The standard InChI is InChI=1S/C43H26BN11/c1-2-11-27(12-3-1)52-31-25-28(53(33-14-4-7-18-45-33)34-15-5-8-19-46-34)26-32-37(31)44(41-42(52)51-24-23-50-41)29-17-22-49-39-36-38-30(13-10-21-48-38)54(35-16-6-9-20-47-35)43(36)55(32)40(29)39/h1-26H.